The number of fused-ring (bicyclic) bond motifs is 1. The Morgan fingerprint density at radius 3 is 2.67 bits per heavy atom. The van der Waals surface area contributed by atoms with Crippen molar-refractivity contribution in [3.63, 3.8) is 0 Å². The van der Waals surface area contributed by atoms with Crippen molar-refractivity contribution in [3.05, 3.63) is 65.0 Å². The van der Waals surface area contributed by atoms with Gasteiger partial charge < -0.3 is 0 Å². The summed E-state index contributed by atoms with van der Waals surface area (Å²) in [5, 5.41) is 12.0. The molecule has 7 heteroatoms. The molecule has 0 saturated carbocycles. The number of para-hydroxylation sites is 1. The van der Waals surface area contributed by atoms with E-state index in [4.69, 9.17) is 0 Å². The zero-order valence-corrected chi connectivity index (χ0v) is 16.5. The molecule has 132 valence electrons. The summed E-state index contributed by atoms with van der Waals surface area (Å²) in [6.07, 6.45) is 0. The molecule has 0 saturated heterocycles. The Kier molecular flexibility index (Phi) is 5.30. The summed E-state index contributed by atoms with van der Waals surface area (Å²) in [6, 6.07) is 19.7. The van der Waals surface area contributed by atoms with Gasteiger partial charge in [-0.15, -0.1) is 22.7 Å². The predicted molar refractivity (Wildman–Crippen MR) is 111 cm³/mol. The van der Waals surface area contributed by atoms with Crippen molar-refractivity contribution in [2.75, 3.05) is 5.75 Å². The summed E-state index contributed by atoms with van der Waals surface area (Å²) < 4.78 is 1.93. The third-order valence-electron chi connectivity index (χ3n) is 3.90. The second kappa shape index (κ2) is 8.01. The van der Waals surface area contributed by atoms with Gasteiger partial charge in [-0.2, -0.15) is 5.26 Å². The molecule has 0 bridgehead atoms. The highest BCUT2D eigenvalue weighted by molar-refractivity contribution is 8.01. The van der Waals surface area contributed by atoms with Crippen LogP contribution in [0.25, 0.3) is 21.5 Å². The molecule has 0 aliphatic carbocycles. The molecule has 2 aromatic carbocycles. The van der Waals surface area contributed by atoms with Gasteiger partial charge in [0.2, 0.25) is 0 Å². The van der Waals surface area contributed by atoms with E-state index >= 15 is 0 Å². The zero-order valence-electron chi connectivity index (χ0n) is 14.0. The fourth-order valence-corrected chi connectivity index (χ4v) is 5.42. The Morgan fingerprint density at radius 1 is 1.11 bits per heavy atom. The number of nitrogens with zero attached hydrogens (tertiary/aromatic N) is 3. The predicted octanol–water partition coefficient (Wildman–Crippen LogP) is 5.39. The number of thioether (sulfide) groups is 1. The highest BCUT2D eigenvalue weighted by atomic mass is 32.2. The molecule has 1 unspecified atom stereocenters. The first-order valence-corrected chi connectivity index (χ1v) is 10.8. The minimum Gasteiger partial charge on any atom is -0.297 e. The average Bonchev–Trinajstić information content (AvgIpc) is 3.34. The summed E-state index contributed by atoms with van der Waals surface area (Å²) >= 11 is 4.29. The Balaban J connectivity index is 1.47. The molecule has 0 fully saturated rings. The average molecular weight is 408 g/mol. The van der Waals surface area contributed by atoms with E-state index in [0.717, 1.165) is 25.8 Å². The molecule has 1 atom stereocenters. The summed E-state index contributed by atoms with van der Waals surface area (Å²) in [6.45, 7) is 0. The number of ketones is 1. The normalized spacial score (nSPS) is 12.0. The van der Waals surface area contributed by atoms with Gasteiger partial charge in [0.1, 0.15) is 5.01 Å². The number of hydrogen-bond acceptors (Lipinski definition) is 7. The van der Waals surface area contributed by atoms with Gasteiger partial charge in [0, 0.05) is 10.9 Å². The van der Waals surface area contributed by atoms with Gasteiger partial charge >= 0.3 is 0 Å². The van der Waals surface area contributed by atoms with Crippen molar-refractivity contribution in [1.82, 2.24) is 9.97 Å². The SMILES string of the molecule is N#CC(C(=O)CSc1nc2ccccc2s1)c1nc(-c2ccccc2)cs1. The van der Waals surface area contributed by atoms with Crippen molar-refractivity contribution in [2.24, 2.45) is 0 Å². The van der Waals surface area contributed by atoms with Gasteiger partial charge in [-0.3, -0.25) is 4.79 Å². The van der Waals surface area contributed by atoms with Crippen LogP contribution in [0.2, 0.25) is 0 Å². The standard InChI is InChI=1S/C20H13N3OS3/c21-10-14(19-22-16(11-25-19)13-6-2-1-3-7-13)17(24)12-26-20-23-15-8-4-5-9-18(15)27-20/h1-9,11,14H,12H2. The Morgan fingerprint density at radius 2 is 1.89 bits per heavy atom. The lowest BCUT2D eigenvalue weighted by Crippen LogP contribution is -2.13. The molecule has 2 aromatic heterocycles. The van der Waals surface area contributed by atoms with Gasteiger partial charge in [0.15, 0.2) is 16.0 Å². The van der Waals surface area contributed by atoms with Gasteiger partial charge in [-0.25, -0.2) is 9.97 Å². The molecule has 4 aromatic rings. The van der Waals surface area contributed by atoms with E-state index in [1.165, 1.54) is 23.1 Å². The second-order valence-electron chi connectivity index (χ2n) is 5.70. The number of carbonyl (C=O) groups excluding carboxylic acids is 1. The minimum absolute atomic E-state index is 0.143. The lowest BCUT2D eigenvalue weighted by molar-refractivity contribution is -0.116. The topological polar surface area (TPSA) is 66.6 Å². The van der Waals surface area contributed by atoms with Gasteiger partial charge in [-0.1, -0.05) is 54.2 Å². The lowest BCUT2D eigenvalue weighted by atomic mass is 10.1. The smallest absolute Gasteiger partial charge is 0.167 e. The van der Waals surface area contributed by atoms with Gasteiger partial charge in [-0.05, 0) is 12.1 Å². The summed E-state index contributed by atoms with van der Waals surface area (Å²) in [7, 11) is 0. The number of nitriles is 1. The largest absolute Gasteiger partial charge is 0.297 e. The van der Waals surface area contributed by atoms with Crippen LogP contribution in [0.5, 0.6) is 0 Å². The van der Waals surface area contributed by atoms with Crippen molar-refractivity contribution >= 4 is 50.4 Å². The summed E-state index contributed by atoms with van der Waals surface area (Å²) in [5.41, 5.74) is 2.71. The van der Waals surface area contributed by atoms with E-state index in [2.05, 4.69) is 16.0 Å². The van der Waals surface area contributed by atoms with Crippen LogP contribution in [-0.4, -0.2) is 21.5 Å². The zero-order chi connectivity index (χ0) is 18.6. The molecular weight excluding hydrogens is 394 g/mol. The molecule has 27 heavy (non-hydrogen) atoms. The first-order valence-electron chi connectivity index (χ1n) is 8.16. The molecule has 0 radical (unpaired) electrons. The fourth-order valence-electron chi connectivity index (χ4n) is 2.56. The maximum atomic E-state index is 12.6. The van der Waals surface area contributed by atoms with Gasteiger partial charge in [0.25, 0.3) is 0 Å². The van der Waals surface area contributed by atoms with E-state index in [9.17, 15) is 10.1 Å². The highest BCUT2D eigenvalue weighted by Gasteiger charge is 2.24. The van der Waals surface area contributed by atoms with Crippen LogP contribution in [0.15, 0.2) is 64.3 Å². The monoisotopic (exact) mass is 407 g/mol. The van der Waals surface area contributed by atoms with Gasteiger partial charge in [0.05, 0.1) is 27.7 Å². The first kappa shape index (κ1) is 17.9. The van der Waals surface area contributed by atoms with E-state index in [1.807, 2.05) is 60.0 Å². The minimum atomic E-state index is -0.839. The quantitative estimate of drug-likeness (QED) is 0.401. The number of aromatic nitrogens is 2. The number of Topliss-reactive ketones (excluding diaryl/α,β-unsaturated/α-hetero) is 1. The van der Waals surface area contributed by atoms with Crippen molar-refractivity contribution in [3.8, 4) is 17.3 Å². The third-order valence-corrected chi connectivity index (χ3v) is 7.01. The Hall–Kier alpha value is -2.53. The van der Waals surface area contributed by atoms with Crippen LogP contribution >= 0.6 is 34.4 Å². The molecule has 4 rings (SSSR count). The maximum absolute atomic E-state index is 12.6. The molecule has 0 amide bonds. The number of hydrogen-bond donors (Lipinski definition) is 0. The second-order valence-corrected chi connectivity index (χ2v) is 8.84. The third kappa shape index (κ3) is 3.93. The molecule has 0 aliphatic rings. The van der Waals surface area contributed by atoms with Crippen LogP contribution in [0.4, 0.5) is 0 Å². The van der Waals surface area contributed by atoms with E-state index in [1.54, 1.807) is 11.3 Å². The van der Waals surface area contributed by atoms with E-state index in [0.29, 0.717) is 5.01 Å². The summed E-state index contributed by atoms with van der Waals surface area (Å²) in [5.74, 6) is -0.775. The number of benzene rings is 2. The molecule has 0 N–H and O–H groups in total. The van der Waals surface area contributed by atoms with Crippen LogP contribution in [0, 0.1) is 11.3 Å². The van der Waals surface area contributed by atoms with Crippen LogP contribution in [0.3, 0.4) is 0 Å². The van der Waals surface area contributed by atoms with Crippen molar-refractivity contribution in [1.29, 1.82) is 5.26 Å². The number of rotatable bonds is 6. The Bertz CT molecular complexity index is 1100. The molecule has 0 aliphatic heterocycles. The van der Waals surface area contributed by atoms with Crippen molar-refractivity contribution < 1.29 is 4.79 Å². The highest BCUT2D eigenvalue weighted by Crippen LogP contribution is 2.32. The van der Waals surface area contributed by atoms with Crippen molar-refractivity contribution in [2.45, 2.75) is 10.3 Å². The van der Waals surface area contributed by atoms with Crippen LogP contribution in [-0.2, 0) is 4.79 Å². The lowest BCUT2D eigenvalue weighted by Gasteiger charge is -2.03. The molecular formula is C20H13N3OS3. The maximum Gasteiger partial charge on any atom is 0.167 e. The summed E-state index contributed by atoms with van der Waals surface area (Å²) in [4.78, 5) is 21.6. The van der Waals surface area contributed by atoms with E-state index in [-0.39, 0.29) is 11.5 Å². The molecule has 0 spiro atoms. The number of carbonyl (C=O) groups is 1. The molecule has 4 nitrogen and oxygen atoms in total. The van der Waals surface area contributed by atoms with E-state index < -0.39 is 5.92 Å². The van der Waals surface area contributed by atoms with Crippen LogP contribution < -0.4 is 0 Å². The van der Waals surface area contributed by atoms with Crippen LogP contribution in [0.1, 0.15) is 10.9 Å². The Labute approximate surface area is 168 Å². The molecule has 2 heterocycles. The number of thiazole rings is 2. The first-order chi connectivity index (χ1) is 13.2. The fraction of sp³-hybridized carbons (Fsp3) is 0.100.